The molecule has 0 radical (unpaired) electrons. The lowest BCUT2D eigenvalue weighted by Gasteiger charge is -2.41. The number of para-hydroxylation sites is 1. The topological polar surface area (TPSA) is 3.24 Å². The SMILES string of the molecule is Cc1ccccc1N(P(c1ccccc1)c1ccccc1)P(c1ccccc1)c1ccccc1. The van der Waals surface area contributed by atoms with Crippen molar-refractivity contribution in [2.24, 2.45) is 0 Å². The first-order valence-corrected chi connectivity index (χ1v) is 14.1. The van der Waals surface area contributed by atoms with Crippen LogP contribution >= 0.6 is 16.1 Å². The van der Waals surface area contributed by atoms with E-state index in [2.05, 4.69) is 157 Å². The lowest BCUT2D eigenvalue weighted by molar-refractivity contribution is 1.42. The van der Waals surface area contributed by atoms with Gasteiger partial charge >= 0.3 is 0 Å². The molecule has 0 bridgehead atoms. The van der Waals surface area contributed by atoms with Crippen LogP contribution in [0, 0.1) is 6.92 Å². The summed E-state index contributed by atoms with van der Waals surface area (Å²) in [6.07, 6.45) is 0. The molecule has 0 unspecified atom stereocenters. The summed E-state index contributed by atoms with van der Waals surface area (Å²) in [4.78, 5) is 0. The molecule has 0 aliphatic rings. The second kappa shape index (κ2) is 10.8. The molecule has 0 aromatic heterocycles. The average molecular weight is 476 g/mol. The second-order valence-electron chi connectivity index (χ2n) is 8.04. The maximum Gasteiger partial charge on any atom is 0.0590 e. The summed E-state index contributed by atoms with van der Waals surface area (Å²) in [5.74, 6) is 0. The van der Waals surface area contributed by atoms with Crippen molar-refractivity contribution in [3.63, 3.8) is 0 Å². The number of benzene rings is 5. The Hall–Kier alpha value is -3.24. The van der Waals surface area contributed by atoms with Crippen LogP contribution in [0.3, 0.4) is 0 Å². The van der Waals surface area contributed by atoms with Crippen LogP contribution in [0.25, 0.3) is 0 Å². The molecule has 5 aromatic carbocycles. The minimum absolute atomic E-state index is 0.831. The maximum absolute atomic E-state index is 2.73. The van der Waals surface area contributed by atoms with Gasteiger partial charge in [0.05, 0.1) is 16.1 Å². The Kier molecular flexibility index (Phi) is 7.16. The molecular weight excluding hydrogens is 448 g/mol. The van der Waals surface area contributed by atoms with Gasteiger partial charge < -0.3 is 4.44 Å². The van der Waals surface area contributed by atoms with E-state index in [1.54, 1.807) is 0 Å². The molecule has 3 heteroatoms. The van der Waals surface area contributed by atoms with Gasteiger partial charge in [0, 0.05) is 26.9 Å². The smallest absolute Gasteiger partial charge is 0.0590 e. The Morgan fingerprint density at radius 1 is 0.382 bits per heavy atom. The molecule has 0 saturated carbocycles. The predicted octanol–water partition coefficient (Wildman–Crippen LogP) is 6.90. The number of rotatable bonds is 7. The monoisotopic (exact) mass is 475 g/mol. The van der Waals surface area contributed by atoms with Crippen LogP contribution in [-0.2, 0) is 0 Å². The van der Waals surface area contributed by atoms with Crippen LogP contribution in [0.2, 0.25) is 0 Å². The van der Waals surface area contributed by atoms with Gasteiger partial charge in [0.1, 0.15) is 0 Å². The fourth-order valence-corrected chi connectivity index (χ4v) is 10.2. The molecule has 1 nitrogen and oxygen atoms in total. The van der Waals surface area contributed by atoms with Gasteiger partial charge in [-0.2, -0.15) is 0 Å². The molecule has 0 spiro atoms. The fraction of sp³-hybridized carbons (Fsp3) is 0.0323. The van der Waals surface area contributed by atoms with Crippen LogP contribution in [0.4, 0.5) is 5.69 Å². The lowest BCUT2D eigenvalue weighted by atomic mass is 10.2. The zero-order valence-corrected chi connectivity index (χ0v) is 21.0. The quantitative estimate of drug-likeness (QED) is 0.232. The van der Waals surface area contributed by atoms with Crippen molar-refractivity contribution in [2.45, 2.75) is 6.92 Å². The minimum Gasteiger partial charge on any atom is -0.313 e. The average Bonchev–Trinajstić information content (AvgIpc) is 2.91. The van der Waals surface area contributed by atoms with Crippen LogP contribution in [0.1, 0.15) is 5.56 Å². The summed E-state index contributed by atoms with van der Waals surface area (Å²) < 4.78 is 2.73. The molecule has 0 saturated heterocycles. The molecule has 34 heavy (non-hydrogen) atoms. The van der Waals surface area contributed by atoms with E-state index in [4.69, 9.17) is 0 Å². The molecule has 0 aliphatic heterocycles. The standard InChI is InChI=1S/C31H27NP2/c1-26-16-14-15-25-31(26)32(33(27-17-6-2-7-18-27)28-19-8-3-9-20-28)34(29-21-10-4-11-22-29)30-23-12-5-13-24-30/h2-25H,1H3. The largest absolute Gasteiger partial charge is 0.313 e. The van der Waals surface area contributed by atoms with Gasteiger partial charge in [0.15, 0.2) is 0 Å². The van der Waals surface area contributed by atoms with E-state index in [1.165, 1.54) is 32.5 Å². The van der Waals surface area contributed by atoms with Crippen molar-refractivity contribution >= 4 is 43.1 Å². The van der Waals surface area contributed by atoms with E-state index in [9.17, 15) is 0 Å². The summed E-state index contributed by atoms with van der Waals surface area (Å²) in [5.41, 5.74) is 2.58. The Labute approximate surface area is 205 Å². The highest BCUT2D eigenvalue weighted by Gasteiger charge is 2.32. The van der Waals surface area contributed by atoms with Crippen molar-refractivity contribution in [1.82, 2.24) is 0 Å². The van der Waals surface area contributed by atoms with Gasteiger partial charge in [-0.15, -0.1) is 0 Å². The normalized spacial score (nSPS) is 11.0. The Balaban J connectivity index is 1.82. The van der Waals surface area contributed by atoms with Gasteiger partial charge in [0.25, 0.3) is 0 Å². The maximum atomic E-state index is 2.73. The van der Waals surface area contributed by atoms with Gasteiger partial charge in [-0.05, 0) is 18.6 Å². The zero-order valence-electron chi connectivity index (χ0n) is 19.2. The molecule has 5 aromatic rings. The Morgan fingerprint density at radius 2 is 0.676 bits per heavy atom. The van der Waals surface area contributed by atoms with Crippen LogP contribution in [0.5, 0.6) is 0 Å². The first-order valence-electron chi connectivity index (χ1n) is 11.5. The van der Waals surface area contributed by atoms with Crippen molar-refractivity contribution in [2.75, 3.05) is 4.44 Å². The zero-order chi connectivity index (χ0) is 23.2. The molecule has 0 heterocycles. The molecule has 0 fully saturated rings. The van der Waals surface area contributed by atoms with E-state index in [-0.39, 0.29) is 0 Å². The van der Waals surface area contributed by atoms with Gasteiger partial charge in [-0.1, -0.05) is 140 Å². The summed E-state index contributed by atoms with van der Waals surface area (Å²) in [7, 11) is -1.66. The third-order valence-electron chi connectivity index (χ3n) is 5.71. The Bertz CT molecular complexity index is 1150. The second-order valence-corrected chi connectivity index (χ2v) is 12.5. The van der Waals surface area contributed by atoms with Gasteiger partial charge in [0.2, 0.25) is 0 Å². The highest BCUT2D eigenvalue weighted by molar-refractivity contribution is 7.90. The summed E-state index contributed by atoms with van der Waals surface area (Å²) >= 11 is 0. The van der Waals surface area contributed by atoms with E-state index in [1.807, 2.05) is 0 Å². The molecule has 0 amide bonds. The lowest BCUT2D eigenvalue weighted by Crippen LogP contribution is -2.32. The molecule has 0 atom stereocenters. The van der Waals surface area contributed by atoms with Crippen molar-refractivity contribution in [1.29, 1.82) is 0 Å². The van der Waals surface area contributed by atoms with E-state index in [0.717, 1.165) is 0 Å². The van der Waals surface area contributed by atoms with Crippen LogP contribution in [-0.4, -0.2) is 0 Å². The number of anilines is 1. The number of hydrogen-bond acceptors (Lipinski definition) is 1. The van der Waals surface area contributed by atoms with E-state index >= 15 is 0 Å². The summed E-state index contributed by atoms with van der Waals surface area (Å²) in [5, 5.41) is 5.41. The molecule has 5 rings (SSSR count). The molecule has 166 valence electrons. The van der Waals surface area contributed by atoms with Crippen LogP contribution in [0.15, 0.2) is 146 Å². The van der Waals surface area contributed by atoms with Crippen molar-refractivity contribution in [3.05, 3.63) is 151 Å². The van der Waals surface area contributed by atoms with Crippen molar-refractivity contribution in [3.8, 4) is 0 Å². The molecule has 0 N–H and O–H groups in total. The highest BCUT2D eigenvalue weighted by Crippen LogP contribution is 2.57. The first kappa shape index (κ1) is 22.5. The highest BCUT2D eigenvalue weighted by atomic mass is 31.2. The molecular formula is C31H27NP2. The molecule has 0 aliphatic carbocycles. The van der Waals surface area contributed by atoms with Gasteiger partial charge in [-0.3, -0.25) is 0 Å². The van der Waals surface area contributed by atoms with E-state index in [0.29, 0.717) is 0 Å². The van der Waals surface area contributed by atoms with Gasteiger partial charge in [-0.25, -0.2) is 0 Å². The summed E-state index contributed by atoms with van der Waals surface area (Å²) in [6.45, 7) is 2.23. The fourth-order valence-electron chi connectivity index (χ4n) is 4.11. The minimum atomic E-state index is -0.831. The number of hydrogen-bond donors (Lipinski definition) is 0. The van der Waals surface area contributed by atoms with E-state index < -0.39 is 16.1 Å². The first-order chi connectivity index (χ1) is 16.8. The predicted molar refractivity (Wildman–Crippen MR) is 152 cm³/mol. The van der Waals surface area contributed by atoms with Crippen LogP contribution < -0.4 is 25.7 Å². The summed E-state index contributed by atoms with van der Waals surface area (Å²) in [6, 6.07) is 52.9. The van der Waals surface area contributed by atoms with Crippen molar-refractivity contribution < 1.29 is 0 Å². The third-order valence-corrected chi connectivity index (χ3v) is 11.1. The third kappa shape index (κ3) is 4.83. The number of aryl methyl sites for hydroxylation is 1. The Morgan fingerprint density at radius 3 is 1.00 bits per heavy atom. The number of nitrogens with zero attached hydrogens (tertiary/aromatic N) is 1.